The summed E-state index contributed by atoms with van der Waals surface area (Å²) in [5.41, 5.74) is 4.53. The minimum atomic E-state index is -0.499. The van der Waals surface area contributed by atoms with Crippen LogP contribution in [0.15, 0.2) is 85.1 Å². The smallest absolute Gasteiger partial charge is 0.166 e. The van der Waals surface area contributed by atoms with Gasteiger partial charge in [0, 0.05) is 67.0 Å². The number of para-hydroxylation sites is 1. The van der Waals surface area contributed by atoms with Crippen molar-refractivity contribution in [2.45, 2.75) is 25.8 Å². The molecule has 2 heterocycles. The minimum Gasteiger partial charge on any atom is -0.496 e. The zero-order valence-corrected chi connectivity index (χ0v) is 26.2. The summed E-state index contributed by atoms with van der Waals surface area (Å²) in [7, 11) is 3.27. The van der Waals surface area contributed by atoms with Crippen LogP contribution in [0.5, 0.6) is 17.2 Å². The van der Waals surface area contributed by atoms with Crippen molar-refractivity contribution in [1.82, 2.24) is 10.3 Å². The highest BCUT2D eigenvalue weighted by molar-refractivity contribution is 7.80. The Balaban J connectivity index is 1.24. The van der Waals surface area contributed by atoms with E-state index in [-0.39, 0.29) is 24.4 Å². The predicted molar refractivity (Wildman–Crippen MR) is 178 cm³/mol. The summed E-state index contributed by atoms with van der Waals surface area (Å²) in [5.74, 6) is 0.806. The van der Waals surface area contributed by atoms with E-state index in [1.165, 1.54) is 11.6 Å². The topological polar surface area (TPSA) is 69.7 Å². The van der Waals surface area contributed by atoms with Crippen molar-refractivity contribution in [2.24, 2.45) is 0 Å². The molecule has 0 amide bonds. The van der Waals surface area contributed by atoms with Crippen LogP contribution >= 0.6 is 23.6 Å². The fourth-order valence-electron chi connectivity index (χ4n) is 4.87. The van der Waals surface area contributed by atoms with E-state index in [2.05, 4.69) is 28.5 Å². The molecule has 2 aromatic heterocycles. The van der Waals surface area contributed by atoms with Crippen molar-refractivity contribution in [1.29, 1.82) is 0 Å². The first-order chi connectivity index (χ1) is 21.4. The number of benzene rings is 3. The number of nitrogens with one attached hydrogen (secondary N) is 1. The second kappa shape index (κ2) is 15.1. The lowest BCUT2D eigenvalue weighted by Crippen LogP contribution is -2.18. The van der Waals surface area contributed by atoms with Crippen LogP contribution in [-0.4, -0.2) is 43.0 Å². The van der Waals surface area contributed by atoms with Gasteiger partial charge in [0.15, 0.2) is 11.6 Å². The highest BCUT2D eigenvalue weighted by Gasteiger charge is 2.15. The number of methoxy groups -OCH3 is 2. The number of nitrogens with zero attached hydrogens (tertiary/aromatic N) is 1. The average Bonchev–Trinajstić information content (AvgIpc) is 3.47. The van der Waals surface area contributed by atoms with E-state index >= 15 is 4.39 Å². The lowest BCUT2D eigenvalue weighted by Gasteiger charge is -2.10. The van der Waals surface area contributed by atoms with Crippen LogP contribution in [0.25, 0.3) is 20.7 Å². The average molecular weight is 629 g/mol. The Morgan fingerprint density at radius 1 is 0.932 bits per heavy atom. The van der Waals surface area contributed by atoms with Gasteiger partial charge in [-0.15, -0.1) is 11.3 Å². The Labute approximate surface area is 265 Å². The Morgan fingerprint density at radius 2 is 1.80 bits per heavy atom. The second-order valence-corrected chi connectivity index (χ2v) is 11.9. The maximum absolute atomic E-state index is 15.2. The first kappa shape index (κ1) is 31.4. The summed E-state index contributed by atoms with van der Waals surface area (Å²) < 4.78 is 32.5. The second-order valence-electron chi connectivity index (χ2n) is 10.3. The van der Waals surface area contributed by atoms with E-state index < -0.39 is 5.82 Å². The van der Waals surface area contributed by atoms with Gasteiger partial charge in [-0.1, -0.05) is 54.7 Å². The molecule has 1 N–H and O–H groups in total. The van der Waals surface area contributed by atoms with E-state index in [9.17, 15) is 4.79 Å². The number of rotatable bonds is 15. The van der Waals surface area contributed by atoms with Crippen molar-refractivity contribution >= 4 is 44.4 Å². The number of carbonyl (C=O) groups is 1. The van der Waals surface area contributed by atoms with Crippen molar-refractivity contribution < 1.29 is 23.4 Å². The van der Waals surface area contributed by atoms with Crippen LogP contribution < -0.4 is 14.8 Å². The van der Waals surface area contributed by atoms with Gasteiger partial charge in [-0.3, -0.25) is 9.78 Å². The van der Waals surface area contributed by atoms with E-state index in [1.807, 2.05) is 36.4 Å². The summed E-state index contributed by atoms with van der Waals surface area (Å²) >= 11 is 7.04. The highest BCUT2D eigenvalue weighted by Crippen LogP contribution is 2.39. The molecule has 0 atom stereocenters. The summed E-state index contributed by atoms with van der Waals surface area (Å²) in [6.07, 6.45) is 2.35. The molecule has 0 bridgehead atoms. The zero-order valence-electron chi connectivity index (χ0n) is 24.6. The molecule has 0 saturated heterocycles. The first-order valence-electron chi connectivity index (χ1n) is 14.2. The lowest BCUT2D eigenvalue weighted by atomic mass is 10.0. The highest BCUT2D eigenvalue weighted by atomic mass is 32.1. The molecule has 5 aromatic rings. The van der Waals surface area contributed by atoms with Gasteiger partial charge >= 0.3 is 0 Å². The number of hydrogen-bond acceptors (Lipinski definition) is 8. The van der Waals surface area contributed by atoms with Crippen LogP contribution in [0.1, 0.15) is 23.1 Å². The molecule has 3 aromatic carbocycles. The van der Waals surface area contributed by atoms with Crippen LogP contribution in [0, 0.1) is 5.82 Å². The van der Waals surface area contributed by atoms with Gasteiger partial charge in [-0.25, -0.2) is 4.39 Å². The molecular weight excluding hydrogens is 596 g/mol. The quantitative estimate of drug-likeness (QED) is 0.0939. The number of pyridine rings is 1. The lowest BCUT2D eigenvalue weighted by molar-refractivity contribution is -0.117. The van der Waals surface area contributed by atoms with Crippen LogP contribution in [-0.2, 0) is 28.9 Å². The summed E-state index contributed by atoms with van der Waals surface area (Å²) in [6, 6.07) is 24.3. The molecule has 0 saturated carbocycles. The molecule has 5 rings (SSSR count). The van der Waals surface area contributed by atoms with Gasteiger partial charge in [0.05, 0.1) is 23.9 Å². The predicted octanol–water partition coefficient (Wildman–Crippen LogP) is 7.75. The molecular formula is C35H33FN2O4S2. The number of carbonyl (C=O) groups excluding carboxylic acids is 1. The first-order valence-corrected chi connectivity index (χ1v) is 15.4. The fourth-order valence-corrected chi connectivity index (χ4v) is 6.26. The molecule has 0 aliphatic carbocycles. The Kier molecular flexibility index (Phi) is 10.8. The maximum Gasteiger partial charge on any atom is 0.166 e. The summed E-state index contributed by atoms with van der Waals surface area (Å²) in [6.45, 7) is 2.19. The van der Waals surface area contributed by atoms with E-state index in [1.54, 1.807) is 50.0 Å². The number of hydrogen-bond donors (Lipinski definition) is 1. The molecule has 226 valence electrons. The third-order valence-corrected chi connectivity index (χ3v) is 8.47. The van der Waals surface area contributed by atoms with Gasteiger partial charge < -0.3 is 19.5 Å². The van der Waals surface area contributed by atoms with Gasteiger partial charge in [-0.05, 0) is 47.0 Å². The SMILES string of the molecule is COCCNCc1cccc(-c2cc3nccc(Oc4ccc(CC(=S)CC(=O)Cc5ccccc5OC)cc4F)c3s2)c1. The number of aromatic nitrogens is 1. The number of thiophene rings is 1. The summed E-state index contributed by atoms with van der Waals surface area (Å²) in [4.78, 5) is 18.7. The molecule has 0 aliphatic rings. The largest absolute Gasteiger partial charge is 0.496 e. The van der Waals surface area contributed by atoms with Crippen molar-refractivity contribution in [3.8, 4) is 27.7 Å². The van der Waals surface area contributed by atoms with E-state index in [0.717, 1.165) is 39.3 Å². The van der Waals surface area contributed by atoms with Gasteiger partial charge in [0.1, 0.15) is 17.3 Å². The van der Waals surface area contributed by atoms with Crippen molar-refractivity contribution in [3.05, 3.63) is 108 Å². The third-order valence-electron chi connectivity index (χ3n) is 6.99. The van der Waals surface area contributed by atoms with Crippen LogP contribution in [0.4, 0.5) is 4.39 Å². The normalized spacial score (nSPS) is 11.1. The Morgan fingerprint density at radius 3 is 2.61 bits per heavy atom. The maximum atomic E-state index is 15.2. The molecule has 0 aliphatic heterocycles. The molecule has 0 spiro atoms. The number of ketones is 1. The summed E-state index contributed by atoms with van der Waals surface area (Å²) in [5, 5.41) is 3.37. The minimum absolute atomic E-state index is 0.0117. The third kappa shape index (κ3) is 8.12. The molecule has 0 unspecified atom stereocenters. The Bertz CT molecular complexity index is 1770. The monoisotopic (exact) mass is 628 g/mol. The van der Waals surface area contributed by atoms with Crippen molar-refractivity contribution in [2.75, 3.05) is 27.4 Å². The molecule has 0 fully saturated rings. The number of fused-ring (bicyclic) bond motifs is 1. The van der Waals surface area contributed by atoms with Crippen LogP contribution in [0.2, 0.25) is 0 Å². The number of ether oxygens (including phenoxy) is 3. The molecule has 6 nitrogen and oxygen atoms in total. The van der Waals surface area contributed by atoms with E-state index in [4.69, 9.17) is 26.4 Å². The Hall–Kier alpha value is -4.02. The fraction of sp³-hybridized carbons (Fsp3) is 0.229. The van der Waals surface area contributed by atoms with Gasteiger partial charge in [0.25, 0.3) is 0 Å². The number of thiocarbonyl (C=S) groups is 1. The van der Waals surface area contributed by atoms with Crippen LogP contribution in [0.3, 0.4) is 0 Å². The molecule has 44 heavy (non-hydrogen) atoms. The standard InChI is InChI=1S/C35H33FN2O4S2/c1-40-15-14-37-22-24-6-5-8-26(16-24)34-21-30-35(44-34)33(12-13-38-30)42-32-11-10-23(18-29(32)36)17-28(43)20-27(39)19-25-7-3-4-9-31(25)41-2/h3-13,16,18,21,37H,14-15,17,19-20,22H2,1-2H3. The number of Topliss-reactive ketones (excluding diaryl/α,β-unsaturated/α-hetero) is 1. The molecule has 9 heteroatoms. The van der Waals surface area contributed by atoms with Gasteiger partial charge in [0.2, 0.25) is 0 Å². The van der Waals surface area contributed by atoms with E-state index in [0.29, 0.717) is 35.0 Å². The van der Waals surface area contributed by atoms with Gasteiger partial charge in [-0.2, -0.15) is 0 Å². The molecule has 0 radical (unpaired) electrons. The zero-order chi connectivity index (χ0) is 30.9. The number of halogens is 1. The van der Waals surface area contributed by atoms with Crippen molar-refractivity contribution in [3.63, 3.8) is 0 Å².